The van der Waals surface area contributed by atoms with Gasteiger partial charge in [-0.05, 0) is 44.0 Å². The van der Waals surface area contributed by atoms with E-state index in [0.29, 0.717) is 0 Å². The fraction of sp³-hybridized carbons (Fsp3) is 0.600. The third kappa shape index (κ3) is 2.32. The lowest BCUT2D eigenvalue weighted by atomic mass is 9.75. The van der Waals surface area contributed by atoms with Crippen LogP contribution in [0.4, 0.5) is 0 Å². The van der Waals surface area contributed by atoms with Gasteiger partial charge in [-0.25, -0.2) is 0 Å². The van der Waals surface area contributed by atoms with Crippen LogP contribution >= 0.6 is 0 Å². The lowest BCUT2D eigenvalue weighted by Gasteiger charge is -2.31. The number of hydrogen-bond acceptors (Lipinski definition) is 3. The van der Waals surface area contributed by atoms with Crippen molar-refractivity contribution in [1.29, 1.82) is 0 Å². The first-order chi connectivity index (χ1) is 8.75. The smallest absolute Gasteiger partial charge is 0.122 e. The van der Waals surface area contributed by atoms with Crippen molar-refractivity contribution in [3.63, 3.8) is 0 Å². The molecule has 0 aromatic heterocycles. The van der Waals surface area contributed by atoms with Crippen LogP contribution in [-0.2, 0) is 5.41 Å². The maximum Gasteiger partial charge on any atom is 0.122 e. The van der Waals surface area contributed by atoms with E-state index < -0.39 is 0 Å². The molecule has 1 aromatic rings. The Morgan fingerprint density at radius 3 is 2.44 bits per heavy atom. The summed E-state index contributed by atoms with van der Waals surface area (Å²) in [6.07, 6.45) is 5.98. The molecule has 18 heavy (non-hydrogen) atoms. The quantitative estimate of drug-likeness (QED) is 0.872. The summed E-state index contributed by atoms with van der Waals surface area (Å²) in [4.78, 5) is 0. The van der Waals surface area contributed by atoms with Gasteiger partial charge in [0.15, 0.2) is 0 Å². The monoisotopic (exact) mass is 249 g/mol. The topological polar surface area (TPSA) is 44.5 Å². The Morgan fingerprint density at radius 1 is 1.17 bits per heavy atom. The molecule has 1 aromatic carbocycles. The van der Waals surface area contributed by atoms with Gasteiger partial charge in [-0.3, -0.25) is 0 Å². The van der Waals surface area contributed by atoms with E-state index in [2.05, 4.69) is 6.07 Å². The number of ether oxygens (including phenoxy) is 2. The first-order valence-corrected chi connectivity index (χ1v) is 6.68. The number of hydrogen-bond donors (Lipinski definition) is 1. The molecular weight excluding hydrogens is 226 g/mol. The molecule has 1 fully saturated rings. The first-order valence-electron chi connectivity index (χ1n) is 6.68. The number of benzene rings is 1. The predicted molar refractivity (Wildman–Crippen MR) is 73.4 cm³/mol. The molecule has 0 spiro atoms. The second-order valence-electron chi connectivity index (χ2n) is 5.09. The van der Waals surface area contributed by atoms with Gasteiger partial charge in [0.2, 0.25) is 0 Å². The Bertz CT molecular complexity index is 397. The molecule has 3 heteroatoms. The molecule has 0 radical (unpaired) electrons. The van der Waals surface area contributed by atoms with Gasteiger partial charge in [0.05, 0.1) is 14.2 Å². The van der Waals surface area contributed by atoms with Crippen LogP contribution in [0.25, 0.3) is 0 Å². The van der Waals surface area contributed by atoms with Crippen molar-refractivity contribution in [1.82, 2.24) is 0 Å². The third-order valence-corrected chi connectivity index (χ3v) is 4.16. The minimum absolute atomic E-state index is 0.189. The molecule has 2 rings (SSSR count). The minimum atomic E-state index is 0.189. The normalized spacial score (nSPS) is 17.7. The number of nitrogens with two attached hydrogens (primary N) is 1. The van der Waals surface area contributed by atoms with Gasteiger partial charge in [-0.1, -0.05) is 12.8 Å². The maximum absolute atomic E-state index is 5.82. The standard InChI is InChI=1S/C15H23NO2/c1-17-12-5-6-14(18-2)13(11-12)15(9-10-16)7-3-4-8-15/h5-6,11H,3-4,7-10,16H2,1-2H3. The summed E-state index contributed by atoms with van der Waals surface area (Å²) in [6.45, 7) is 0.723. The zero-order chi connectivity index (χ0) is 13.0. The van der Waals surface area contributed by atoms with Crippen molar-refractivity contribution >= 4 is 0 Å². The van der Waals surface area contributed by atoms with Gasteiger partial charge in [-0.2, -0.15) is 0 Å². The molecular formula is C15H23NO2. The van der Waals surface area contributed by atoms with Gasteiger partial charge in [0.1, 0.15) is 11.5 Å². The van der Waals surface area contributed by atoms with Crippen LogP contribution in [0.3, 0.4) is 0 Å². The van der Waals surface area contributed by atoms with E-state index in [1.54, 1.807) is 14.2 Å². The molecule has 0 bridgehead atoms. The van der Waals surface area contributed by atoms with Crippen LogP contribution in [0.2, 0.25) is 0 Å². The molecule has 0 saturated heterocycles. The first kappa shape index (κ1) is 13.2. The van der Waals surface area contributed by atoms with Gasteiger partial charge < -0.3 is 15.2 Å². The Balaban J connectivity index is 2.44. The van der Waals surface area contributed by atoms with E-state index in [1.807, 2.05) is 12.1 Å². The van der Waals surface area contributed by atoms with Crippen molar-refractivity contribution in [3.8, 4) is 11.5 Å². The maximum atomic E-state index is 5.82. The molecule has 100 valence electrons. The average molecular weight is 249 g/mol. The van der Waals surface area contributed by atoms with E-state index in [9.17, 15) is 0 Å². The average Bonchev–Trinajstić information content (AvgIpc) is 2.88. The molecule has 0 aliphatic heterocycles. The third-order valence-electron chi connectivity index (χ3n) is 4.16. The Morgan fingerprint density at radius 2 is 1.89 bits per heavy atom. The summed E-state index contributed by atoms with van der Waals surface area (Å²) in [5, 5.41) is 0. The lowest BCUT2D eigenvalue weighted by Crippen LogP contribution is -2.26. The largest absolute Gasteiger partial charge is 0.497 e. The summed E-state index contributed by atoms with van der Waals surface area (Å²) >= 11 is 0. The molecule has 1 aliphatic rings. The Kier molecular flexibility index (Phi) is 4.12. The number of rotatable bonds is 5. The van der Waals surface area contributed by atoms with E-state index in [1.165, 1.54) is 31.2 Å². The van der Waals surface area contributed by atoms with E-state index in [-0.39, 0.29) is 5.41 Å². The molecule has 0 heterocycles. The van der Waals surface area contributed by atoms with Crippen LogP contribution in [-0.4, -0.2) is 20.8 Å². The van der Waals surface area contributed by atoms with Gasteiger partial charge in [0, 0.05) is 11.0 Å². The number of methoxy groups -OCH3 is 2. The van der Waals surface area contributed by atoms with Crippen molar-refractivity contribution in [3.05, 3.63) is 23.8 Å². The fourth-order valence-electron chi connectivity index (χ4n) is 3.21. The van der Waals surface area contributed by atoms with Crippen LogP contribution in [0, 0.1) is 0 Å². The molecule has 3 nitrogen and oxygen atoms in total. The molecule has 0 unspecified atom stereocenters. The fourth-order valence-corrected chi connectivity index (χ4v) is 3.21. The lowest BCUT2D eigenvalue weighted by molar-refractivity contribution is 0.356. The Labute approximate surface area is 109 Å². The van der Waals surface area contributed by atoms with E-state index in [4.69, 9.17) is 15.2 Å². The summed E-state index contributed by atoms with van der Waals surface area (Å²) < 4.78 is 10.9. The van der Waals surface area contributed by atoms with Crippen molar-refractivity contribution in [2.75, 3.05) is 20.8 Å². The zero-order valence-electron chi connectivity index (χ0n) is 11.4. The van der Waals surface area contributed by atoms with Crippen LogP contribution in [0.1, 0.15) is 37.7 Å². The van der Waals surface area contributed by atoms with E-state index in [0.717, 1.165) is 24.5 Å². The highest BCUT2D eigenvalue weighted by Gasteiger charge is 2.37. The molecule has 0 atom stereocenters. The summed E-state index contributed by atoms with van der Waals surface area (Å²) in [6, 6.07) is 6.08. The Hall–Kier alpha value is -1.22. The van der Waals surface area contributed by atoms with Gasteiger partial charge >= 0.3 is 0 Å². The molecule has 2 N–H and O–H groups in total. The van der Waals surface area contributed by atoms with Crippen molar-refractivity contribution < 1.29 is 9.47 Å². The highest BCUT2D eigenvalue weighted by molar-refractivity contribution is 5.45. The molecule has 1 aliphatic carbocycles. The van der Waals surface area contributed by atoms with Crippen LogP contribution in [0.15, 0.2) is 18.2 Å². The second kappa shape index (κ2) is 5.61. The van der Waals surface area contributed by atoms with Crippen molar-refractivity contribution in [2.24, 2.45) is 5.73 Å². The highest BCUT2D eigenvalue weighted by atomic mass is 16.5. The SMILES string of the molecule is COc1ccc(OC)c(C2(CCN)CCCC2)c1. The summed E-state index contributed by atoms with van der Waals surface area (Å²) in [7, 11) is 3.44. The zero-order valence-corrected chi connectivity index (χ0v) is 11.4. The minimum Gasteiger partial charge on any atom is -0.497 e. The van der Waals surface area contributed by atoms with Gasteiger partial charge in [-0.15, -0.1) is 0 Å². The summed E-state index contributed by atoms with van der Waals surface area (Å²) in [5.41, 5.74) is 7.28. The van der Waals surface area contributed by atoms with Gasteiger partial charge in [0.25, 0.3) is 0 Å². The van der Waals surface area contributed by atoms with Crippen molar-refractivity contribution in [2.45, 2.75) is 37.5 Å². The van der Waals surface area contributed by atoms with E-state index >= 15 is 0 Å². The second-order valence-corrected chi connectivity index (χ2v) is 5.09. The highest BCUT2D eigenvalue weighted by Crippen LogP contribution is 2.47. The van der Waals surface area contributed by atoms with Crippen LogP contribution in [0.5, 0.6) is 11.5 Å². The predicted octanol–water partition coefficient (Wildman–Crippen LogP) is 2.86. The van der Waals surface area contributed by atoms with Crippen LogP contribution < -0.4 is 15.2 Å². The molecule has 1 saturated carbocycles. The molecule has 0 amide bonds. The summed E-state index contributed by atoms with van der Waals surface area (Å²) in [5.74, 6) is 1.86.